The Morgan fingerprint density at radius 3 is 2.94 bits per heavy atom. The van der Waals surface area contributed by atoms with Crippen LogP contribution >= 0.6 is 0 Å². The average Bonchev–Trinajstić information content (AvgIpc) is 2.70. The van der Waals surface area contributed by atoms with Crippen molar-refractivity contribution in [3.8, 4) is 0 Å². The van der Waals surface area contributed by atoms with E-state index >= 15 is 0 Å². The van der Waals surface area contributed by atoms with E-state index < -0.39 is 0 Å². The molecule has 3 saturated carbocycles. The third kappa shape index (κ3) is 1.54. The van der Waals surface area contributed by atoms with Crippen molar-refractivity contribution in [2.24, 2.45) is 17.3 Å². The van der Waals surface area contributed by atoms with Gasteiger partial charge in [0, 0.05) is 23.7 Å². The predicted octanol–water partition coefficient (Wildman–Crippen LogP) is 2.48. The molecule has 2 bridgehead atoms. The monoisotopic (exact) mass is 236 g/mol. The number of carbonyl (C=O) groups is 2. The first kappa shape index (κ1) is 11.2. The molecule has 0 radical (unpaired) electrons. The number of ether oxygens (including phenoxy) is 1. The molecule has 4 rings (SSSR count). The highest BCUT2D eigenvalue weighted by atomic mass is 16.6. The lowest BCUT2D eigenvalue weighted by atomic mass is 9.52. The molecular weight excluding hydrogens is 216 g/mol. The van der Waals surface area contributed by atoms with Crippen LogP contribution in [0.5, 0.6) is 0 Å². The molecule has 0 spiro atoms. The number of carbonyl (C=O) groups excluding carboxylic acids is 2. The third-order valence-corrected chi connectivity index (χ3v) is 5.09. The van der Waals surface area contributed by atoms with Crippen LogP contribution in [0.1, 0.15) is 51.9 Å². The molecule has 0 N–H and O–H groups in total. The van der Waals surface area contributed by atoms with Crippen molar-refractivity contribution in [3.63, 3.8) is 0 Å². The molecule has 2 unspecified atom stereocenters. The summed E-state index contributed by atoms with van der Waals surface area (Å²) in [6, 6.07) is 0. The predicted molar refractivity (Wildman–Crippen MR) is 62.3 cm³/mol. The molecule has 3 heteroatoms. The molecule has 3 aliphatic carbocycles. The second kappa shape index (κ2) is 3.82. The number of Topliss-reactive ketones (excluding diaryl/α,β-unsaturated/α-hetero) is 1. The maximum atomic E-state index is 12.1. The van der Waals surface area contributed by atoms with E-state index in [0.29, 0.717) is 18.6 Å². The van der Waals surface area contributed by atoms with Crippen molar-refractivity contribution in [1.82, 2.24) is 0 Å². The number of hydrogen-bond donors (Lipinski definition) is 0. The Hall–Kier alpha value is -0.860. The Labute approximate surface area is 102 Å². The molecule has 4 atom stereocenters. The lowest BCUT2D eigenvalue weighted by molar-refractivity contribution is -0.164. The Morgan fingerprint density at radius 1 is 1.41 bits per heavy atom. The minimum absolute atomic E-state index is 0.00132. The molecule has 0 aromatic rings. The maximum Gasteiger partial charge on any atom is 0.306 e. The van der Waals surface area contributed by atoms with Crippen LogP contribution in [0.15, 0.2) is 0 Å². The van der Waals surface area contributed by atoms with Crippen molar-refractivity contribution in [2.45, 2.75) is 58.0 Å². The fraction of sp³-hybridized carbons (Fsp3) is 0.857. The Kier molecular flexibility index (Phi) is 2.53. The molecule has 0 aromatic carbocycles. The lowest BCUT2D eigenvalue weighted by Crippen LogP contribution is -2.54. The zero-order valence-electron chi connectivity index (χ0n) is 10.4. The summed E-state index contributed by atoms with van der Waals surface area (Å²) in [5.41, 5.74) is -0.00132. The number of ketones is 1. The van der Waals surface area contributed by atoms with Crippen molar-refractivity contribution in [1.29, 1.82) is 0 Å². The van der Waals surface area contributed by atoms with Gasteiger partial charge in [-0.25, -0.2) is 0 Å². The second-order valence-electron chi connectivity index (χ2n) is 6.03. The molecule has 0 aromatic heterocycles. The van der Waals surface area contributed by atoms with Crippen LogP contribution < -0.4 is 0 Å². The summed E-state index contributed by atoms with van der Waals surface area (Å²) in [5.74, 6) is 0.638. The molecule has 3 nitrogen and oxygen atoms in total. The van der Waals surface area contributed by atoms with Crippen molar-refractivity contribution in [3.05, 3.63) is 0 Å². The maximum absolute atomic E-state index is 12.1. The molecule has 4 aliphatic rings. The summed E-state index contributed by atoms with van der Waals surface area (Å²) in [4.78, 5) is 23.6. The molecule has 4 fully saturated rings. The zero-order chi connectivity index (χ0) is 12.0. The topological polar surface area (TPSA) is 43.4 Å². The van der Waals surface area contributed by atoms with Gasteiger partial charge in [0.15, 0.2) is 0 Å². The van der Waals surface area contributed by atoms with E-state index in [9.17, 15) is 9.59 Å². The van der Waals surface area contributed by atoms with Crippen molar-refractivity contribution < 1.29 is 14.3 Å². The van der Waals surface area contributed by atoms with Crippen LogP contribution in [0.2, 0.25) is 0 Å². The quantitative estimate of drug-likeness (QED) is 0.707. The van der Waals surface area contributed by atoms with Crippen LogP contribution in [0.3, 0.4) is 0 Å². The third-order valence-electron chi connectivity index (χ3n) is 5.09. The summed E-state index contributed by atoms with van der Waals surface area (Å²) in [5, 5.41) is 0. The van der Waals surface area contributed by atoms with E-state index in [0.717, 1.165) is 32.1 Å². The fourth-order valence-corrected chi connectivity index (χ4v) is 4.26. The smallest absolute Gasteiger partial charge is 0.306 e. The SMILES string of the molecule is CCCCC12CCC(C(=O)C1)[C@H]1CC(=O)O[C@H]12. The molecule has 1 saturated heterocycles. The van der Waals surface area contributed by atoms with Crippen molar-refractivity contribution in [2.75, 3.05) is 0 Å². The van der Waals surface area contributed by atoms with Gasteiger partial charge < -0.3 is 4.74 Å². The molecule has 94 valence electrons. The van der Waals surface area contributed by atoms with E-state index in [-0.39, 0.29) is 29.3 Å². The summed E-state index contributed by atoms with van der Waals surface area (Å²) in [7, 11) is 0. The molecule has 1 heterocycles. The van der Waals surface area contributed by atoms with Crippen LogP contribution in [0.25, 0.3) is 0 Å². The van der Waals surface area contributed by atoms with Gasteiger partial charge in [0.1, 0.15) is 11.9 Å². The number of esters is 1. The van der Waals surface area contributed by atoms with E-state index in [1.165, 1.54) is 0 Å². The highest BCUT2D eigenvalue weighted by molar-refractivity contribution is 5.86. The average molecular weight is 236 g/mol. The van der Waals surface area contributed by atoms with Gasteiger partial charge >= 0.3 is 5.97 Å². The minimum Gasteiger partial charge on any atom is -0.461 e. The van der Waals surface area contributed by atoms with Gasteiger partial charge in [-0.2, -0.15) is 0 Å². The first-order valence-electron chi connectivity index (χ1n) is 6.88. The van der Waals surface area contributed by atoms with E-state index in [2.05, 4.69) is 6.92 Å². The van der Waals surface area contributed by atoms with Gasteiger partial charge in [-0.3, -0.25) is 9.59 Å². The lowest BCUT2D eigenvalue weighted by Gasteiger charge is -2.51. The van der Waals surface area contributed by atoms with Gasteiger partial charge in [-0.15, -0.1) is 0 Å². The Morgan fingerprint density at radius 2 is 2.24 bits per heavy atom. The van der Waals surface area contributed by atoms with Gasteiger partial charge in [0.05, 0.1) is 6.42 Å². The molecule has 1 aliphatic heterocycles. The van der Waals surface area contributed by atoms with Crippen LogP contribution in [-0.2, 0) is 14.3 Å². The highest BCUT2D eigenvalue weighted by Crippen LogP contribution is 2.58. The number of hydrogen-bond acceptors (Lipinski definition) is 3. The number of fused-ring (bicyclic) bond motifs is 2. The van der Waals surface area contributed by atoms with Crippen LogP contribution in [0.4, 0.5) is 0 Å². The van der Waals surface area contributed by atoms with Crippen LogP contribution in [-0.4, -0.2) is 17.9 Å². The first-order valence-corrected chi connectivity index (χ1v) is 6.88. The van der Waals surface area contributed by atoms with E-state index in [1.54, 1.807) is 0 Å². The Bertz CT molecular complexity index is 362. The standard InChI is InChI=1S/C14H20O3/c1-2-3-5-14-6-4-9(11(15)8-14)10-7-12(16)17-13(10)14/h9-10,13H,2-8H2,1H3/t9?,10-,13-,14?/m1/s1. The van der Waals surface area contributed by atoms with Gasteiger partial charge in [-0.05, 0) is 19.3 Å². The van der Waals surface area contributed by atoms with E-state index in [4.69, 9.17) is 4.74 Å². The first-order chi connectivity index (χ1) is 8.16. The van der Waals surface area contributed by atoms with Gasteiger partial charge in [0.25, 0.3) is 0 Å². The summed E-state index contributed by atoms with van der Waals surface area (Å²) >= 11 is 0. The van der Waals surface area contributed by atoms with E-state index in [1.807, 2.05) is 0 Å². The molecule has 17 heavy (non-hydrogen) atoms. The minimum atomic E-state index is -0.0810. The van der Waals surface area contributed by atoms with Gasteiger partial charge in [0.2, 0.25) is 0 Å². The summed E-state index contributed by atoms with van der Waals surface area (Å²) in [6.45, 7) is 2.17. The largest absolute Gasteiger partial charge is 0.461 e. The molecular formula is C14H20O3. The number of rotatable bonds is 3. The zero-order valence-corrected chi connectivity index (χ0v) is 10.4. The summed E-state index contributed by atoms with van der Waals surface area (Å²) in [6.07, 6.45) is 6.59. The highest BCUT2D eigenvalue weighted by Gasteiger charge is 2.61. The molecule has 0 amide bonds. The number of unbranched alkanes of at least 4 members (excludes halogenated alkanes) is 1. The second-order valence-corrected chi connectivity index (χ2v) is 6.03. The van der Waals surface area contributed by atoms with Crippen LogP contribution in [0, 0.1) is 17.3 Å². The Balaban J connectivity index is 1.90. The van der Waals surface area contributed by atoms with Crippen molar-refractivity contribution >= 4 is 11.8 Å². The fourth-order valence-electron chi connectivity index (χ4n) is 4.26. The van der Waals surface area contributed by atoms with Gasteiger partial charge in [-0.1, -0.05) is 19.8 Å². The normalized spacial score (nSPS) is 43.7. The summed E-state index contributed by atoms with van der Waals surface area (Å²) < 4.78 is 5.56.